The Morgan fingerprint density at radius 3 is 2.78 bits per heavy atom. The van der Waals surface area contributed by atoms with E-state index < -0.39 is 30.5 Å². The van der Waals surface area contributed by atoms with Gasteiger partial charge in [-0.05, 0) is 19.1 Å². The van der Waals surface area contributed by atoms with Gasteiger partial charge in [-0.3, -0.25) is 10.1 Å². The molecule has 0 aromatic heterocycles. The van der Waals surface area contributed by atoms with E-state index in [1.807, 2.05) is 0 Å². The van der Waals surface area contributed by atoms with E-state index in [1.165, 1.54) is 19.1 Å². The Kier molecular flexibility index (Phi) is 4.61. The summed E-state index contributed by atoms with van der Waals surface area (Å²) in [7, 11) is 0. The predicted molar refractivity (Wildman–Crippen MR) is 60.3 cm³/mol. The molecule has 7 heteroatoms. The van der Waals surface area contributed by atoms with Crippen molar-refractivity contribution in [3.05, 3.63) is 29.6 Å². The predicted octanol–water partition coefficient (Wildman–Crippen LogP) is 0.453. The summed E-state index contributed by atoms with van der Waals surface area (Å²) in [5, 5.41) is 11.2. The fourth-order valence-electron chi connectivity index (χ4n) is 1.30. The van der Waals surface area contributed by atoms with Crippen LogP contribution in [-0.4, -0.2) is 23.7 Å². The number of hydrogen-bond donors (Lipinski definition) is 3. The number of carbonyl (C=O) groups excluding carboxylic acids is 2. The molecule has 1 aromatic rings. The lowest BCUT2D eigenvalue weighted by atomic mass is 10.1. The zero-order valence-corrected chi connectivity index (χ0v) is 9.64. The molecule has 6 nitrogen and oxygen atoms in total. The third-order valence-corrected chi connectivity index (χ3v) is 2.05. The Morgan fingerprint density at radius 2 is 2.22 bits per heavy atom. The average molecular weight is 256 g/mol. The van der Waals surface area contributed by atoms with E-state index in [0.29, 0.717) is 5.56 Å². The maximum atomic E-state index is 13.0. The molecule has 3 amide bonds. The van der Waals surface area contributed by atoms with Crippen LogP contribution in [0.1, 0.15) is 18.6 Å². The molecular formula is C11H13FN2O4. The zero-order chi connectivity index (χ0) is 13.7. The molecule has 1 rings (SSSR count). The molecule has 0 fully saturated rings. The number of rotatable bonds is 4. The van der Waals surface area contributed by atoms with Crippen LogP contribution in [0.3, 0.4) is 0 Å². The van der Waals surface area contributed by atoms with Gasteiger partial charge in [-0.15, -0.1) is 0 Å². The number of primary amides is 1. The van der Waals surface area contributed by atoms with Crippen LogP contribution < -0.4 is 15.8 Å². The zero-order valence-electron chi connectivity index (χ0n) is 9.64. The quantitative estimate of drug-likeness (QED) is 0.728. The second kappa shape index (κ2) is 5.97. The molecule has 0 unspecified atom stereocenters. The van der Waals surface area contributed by atoms with Crippen LogP contribution in [0, 0.1) is 5.82 Å². The monoisotopic (exact) mass is 256 g/mol. The van der Waals surface area contributed by atoms with E-state index in [2.05, 4.69) is 0 Å². The molecule has 0 heterocycles. The minimum atomic E-state index is -1.00. The van der Waals surface area contributed by atoms with E-state index in [9.17, 15) is 19.1 Å². The first-order chi connectivity index (χ1) is 8.40. The second-order valence-corrected chi connectivity index (χ2v) is 3.56. The van der Waals surface area contributed by atoms with Crippen LogP contribution in [0.25, 0.3) is 0 Å². The Hall–Kier alpha value is -2.15. The normalized spacial score (nSPS) is 11.7. The lowest BCUT2D eigenvalue weighted by Gasteiger charge is -2.12. The number of nitrogens with two attached hydrogens (primary N) is 1. The Labute approximate surface area is 103 Å². The number of ether oxygens (including phenoxy) is 1. The van der Waals surface area contributed by atoms with Gasteiger partial charge in [0.2, 0.25) is 0 Å². The van der Waals surface area contributed by atoms with Gasteiger partial charge in [-0.25, -0.2) is 9.18 Å². The van der Waals surface area contributed by atoms with Crippen molar-refractivity contribution in [3.63, 3.8) is 0 Å². The van der Waals surface area contributed by atoms with E-state index in [0.717, 1.165) is 6.07 Å². The minimum Gasteiger partial charge on any atom is -0.483 e. The van der Waals surface area contributed by atoms with Crippen molar-refractivity contribution in [1.29, 1.82) is 0 Å². The number of imide groups is 1. The van der Waals surface area contributed by atoms with E-state index in [-0.39, 0.29) is 5.75 Å². The molecule has 1 atom stereocenters. The summed E-state index contributed by atoms with van der Waals surface area (Å²) in [5.41, 5.74) is 5.07. The van der Waals surface area contributed by atoms with Crippen molar-refractivity contribution < 1.29 is 23.8 Å². The highest BCUT2D eigenvalue weighted by atomic mass is 19.1. The molecule has 0 aliphatic heterocycles. The van der Waals surface area contributed by atoms with Gasteiger partial charge >= 0.3 is 6.03 Å². The molecule has 4 N–H and O–H groups in total. The largest absolute Gasteiger partial charge is 0.483 e. The van der Waals surface area contributed by atoms with E-state index in [1.54, 1.807) is 5.32 Å². The van der Waals surface area contributed by atoms with Crippen LogP contribution >= 0.6 is 0 Å². The molecule has 98 valence electrons. The Bertz CT molecular complexity index is 462. The first-order valence-corrected chi connectivity index (χ1v) is 5.09. The van der Waals surface area contributed by atoms with Gasteiger partial charge in [0.25, 0.3) is 5.91 Å². The van der Waals surface area contributed by atoms with Gasteiger partial charge in [0.05, 0.1) is 6.10 Å². The van der Waals surface area contributed by atoms with E-state index in [4.69, 9.17) is 10.5 Å². The highest BCUT2D eigenvalue weighted by molar-refractivity contribution is 5.94. The van der Waals surface area contributed by atoms with Gasteiger partial charge in [-0.2, -0.15) is 0 Å². The topological polar surface area (TPSA) is 102 Å². The number of halogens is 1. The van der Waals surface area contributed by atoms with Gasteiger partial charge < -0.3 is 15.6 Å². The number of nitrogens with one attached hydrogen (secondary N) is 1. The lowest BCUT2D eigenvalue weighted by Crippen LogP contribution is -2.38. The van der Waals surface area contributed by atoms with Crippen LogP contribution in [-0.2, 0) is 4.79 Å². The molecule has 0 saturated carbocycles. The van der Waals surface area contributed by atoms with Crippen molar-refractivity contribution in [3.8, 4) is 5.75 Å². The highest BCUT2D eigenvalue weighted by Gasteiger charge is 2.12. The smallest absolute Gasteiger partial charge is 0.318 e. The summed E-state index contributed by atoms with van der Waals surface area (Å²) >= 11 is 0. The molecule has 18 heavy (non-hydrogen) atoms. The fourth-order valence-corrected chi connectivity index (χ4v) is 1.30. The SMILES string of the molecule is C[C@@H](O)c1ccc(F)cc1OCC(=O)NC(N)=O. The Balaban J connectivity index is 2.74. The summed E-state index contributed by atoms with van der Waals surface area (Å²) in [6.45, 7) is 0.968. The molecule has 0 spiro atoms. The maximum Gasteiger partial charge on any atom is 0.318 e. The molecule has 0 radical (unpaired) electrons. The maximum absolute atomic E-state index is 13.0. The minimum absolute atomic E-state index is 0.0321. The fraction of sp³-hybridized carbons (Fsp3) is 0.273. The number of amides is 3. The highest BCUT2D eigenvalue weighted by Crippen LogP contribution is 2.25. The standard InChI is InChI=1S/C11H13FN2O4/c1-6(15)8-3-2-7(12)4-9(8)18-5-10(16)14-11(13)17/h2-4,6,15H,5H2,1H3,(H3,13,14,16,17)/t6-/m1/s1. The summed E-state index contributed by atoms with van der Waals surface area (Å²) in [6, 6.07) is 2.55. The molecule has 0 aliphatic rings. The molecule has 0 bridgehead atoms. The summed E-state index contributed by atoms with van der Waals surface area (Å²) in [5.74, 6) is -1.29. The van der Waals surface area contributed by atoms with Gasteiger partial charge in [-0.1, -0.05) is 0 Å². The molecule has 0 saturated heterocycles. The van der Waals surface area contributed by atoms with Crippen molar-refractivity contribution in [2.75, 3.05) is 6.61 Å². The number of aliphatic hydroxyl groups excluding tert-OH is 1. The number of urea groups is 1. The summed E-state index contributed by atoms with van der Waals surface area (Å²) < 4.78 is 18.0. The van der Waals surface area contributed by atoms with Crippen molar-refractivity contribution in [2.45, 2.75) is 13.0 Å². The second-order valence-electron chi connectivity index (χ2n) is 3.56. The van der Waals surface area contributed by atoms with Gasteiger partial charge in [0, 0.05) is 11.6 Å². The van der Waals surface area contributed by atoms with Crippen LogP contribution in [0.15, 0.2) is 18.2 Å². The summed E-state index contributed by atoms with van der Waals surface area (Å²) in [4.78, 5) is 21.5. The third-order valence-electron chi connectivity index (χ3n) is 2.05. The number of carbonyl (C=O) groups is 2. The van der Waals surface area contributed by atoms with Crippen molar-refractivity contribution in [2.24, 2.45) is 5.73 Å². The molecular weight excluding hydrogens is 243 g/mol. The first kappa shape index (κ1) is 13.9. The number of aliphatic hydroxyl groups is 1. The number of hydrogen-bond acceptors (Lipinski definition) is 4. The van der Waals surface area contributed by atoms with Gasteiger partial charge in [0.15, 0.2) is 6.61 Å². The first-order valence-electron chi connectivity index (χ1n) is 5.09. The third kappa shape index (κ3) is 4.02. The van der Waals surface area contributed by atoms with Crippen LogP contribution in [0.4, 0.5) is 9.18 Å². The summed E-state index contributed by atoms with van der Waals surface area (Å²) in [6.07, 6.45) is -0.875. The molecule has 1 aromatic carbocycles. The number of benzene rings is 1. The van der Waals surface area contributed by atoms with Crippen LogP contribution in [0.5, 0.6) is 5.75 Å². The average Bonchev–Trinajstić information content (AvgIpc) is 2.25. The lowest BCUT2D eigenvalue weighted by molar-refractivity contribution is -0.121. The van der Waals surface area contributed by atoms with Gasteiger partial charge in [0.1, 0.15) is 11.6 Å². The van der Waals surface area contributed by atoms with Crippen molar-refractivity contribution >= 4 is 11.9 Å². The Morgan fingerprint density at radius 1 is 1.56 bits per heavy atom. The van der Waals surface area contributed by atoms with Crippen LogP contribution in [0.2, 0.25) is 0 Å². The van der Waals surface area contributed by atoms with Crippen molar-refractivity contribution in [1.82, 2.24) is 5.32 Å². The molecule has 0 aliphatic carbocycles. The van der Waals surface area contributed by atoms with E-state index >= 15 is 0 Å².